The molecule has 1 aromatic heterocycles. The van der Waals surface area contributed by atoms with E-state index in [-0.39, 0.29) is 11.8 Å². The minimum atomic E-state index is 0.139. The van der Waals surface area contributed by atoms with E-state index in [0.29, 0.717) is 0 Å². The van der Waals surface area contributed by atoms with Crippen molar-refractivity contribution in [3.8, 4) is 0 Å². The third-order valence-electron chi connectivity index (χ3n) is 3.20. The predicted octanol–water partition coefficient (Wildman–Crippen LogP) is 2.57. The van der Waals surface area contributed by atoms with E-state index in [9.17, 15) is 4.79 Å². The summed E-state index contributed by atoms with van der Waals surface area (Å²) in [6.07, 6.45) is 3.55. The molecule has 0 spiro atoms. The monoisotopic (exact) mass is 375 g/mol. The van der Waals surface area contributed by atoms with Crippen molar-refractivity contribution in [2.45, 2.75) is 12.8 Å². The van der Waals surface area contributed by atoms with Crippen LogP contribution in [-0.4, -0.2) is 31.0 Å². The van der Waals surface area contributed by atoms with E-state index in [2.05, 4.69) is 47.1 Å². The van der Waals surface area contributed by atoms with Gasteiger partial charge in [0.25, 0.3) is 0 Å². The Morgan fingerprint density at radius 1 is 1.44 bits per heavy atom. The maximum Gasteiger partial charge on any atom is 0.222 e. The number of hydrogen-bond donors (Lipinski definition) is 1. The second kappa shape index (κ2) is 6.02. The number of halogens is 2. The van der Waals surface area contributed by atoms with Crippen molar-refractivity contribution < 1.29 is 4.79 Å². The smallest absolute Gasteiger partial charge is 0.222 e. The molecule has 0 radical (unpaired) electrons. The molecule has 1 amide bonds. The van der Waals surface area contributed by atoms with Gasteiger partial charge in [-0.2, -0.15) is 0 Å². The summed E-state index contributed by atoms with van der Waals surface area (Å²) in [6.45, 7) is 1.73. The van der Waals surface area contributed by atoms with Crippen LogP contribution in [0.1, 0.15) is 12.8 Å². The highest BCUT2D eigenvalue weighted by Crippen LogP contribution is 2.29. The average Bonchev–Trinajstić information content (AvgIpc) is 2.38. The van der Waals surface area contributed by atoms with E-state index in [1.807, 2.05) is 6.07 Å². The molecule has 1 saturated heterocycles. The van der Waals surface area contributed by atoms with Gasteiger partial charge in [-0.05, 0) is 50.8 Å². The summed E-state index contributed by atoms with van der Waals surface area (Å²) in [7, 11) is 1.70. The molecule has 2 heterocycles. The van der Waals surface area contributed by atoms with Crippen LogP contribution in [0.15, 0.2) is 21.2 Å². The number of nitrogens with zero attached hydrogens (tertiary/aromatic N) is 2. The summed E-state index contributed by atoms with van der Waals surface area (Å²) in [5.41, 5.74) is 0. The Hall–Kier alpha value is -0.620. The molecule has 98 valence electrons. The normalized spacial score (nSPS) is 16.7. The lowest BCUT2D eigenvalue weighted by atomic mass is 9.96. The Bertz CT molecular complexity index is 445. The van der Waals surface area contributed by atoms with Crippen LogP contribution in [0, 0.1) is 5.92 Å². The van der Waals surface area contributed by atoms with Crippen molar-refractivity contribution in [3.63, 3.8) is 0 Å². The van der Waals surface area contributed by atoms with Gasteiger partial charge in [-0.15, -0.1) is 0 Å². The quantitative estimate of drug-likeness (QED) is 0.862. The third kappa shape index (κ3) is 3.03. The number of aromatic nitrogens is 1. The Kier molecular flexibility index (Phi) is 4.61. The van der Waals surface area contributed by atoms with Crippen LogP contribution < -0.4 is 10.2 Å². The van der Waals surface area contributed by atoms with Gasteiger partial charge in [0.15, 0.2) is 0 Å². The zero-order valence-electron chi connectivity index (χ0n) is 10.1. The Morgan fingerprint density at radius 2 is 2.11 bits per heavy atom. The van der Waals surface area contributed by atoms with Gasteiger partial charge in [0.1, 0.15) is 5.82 Å². The molecule has 0 bridgehead atoms. The summed E-state index contributed by atoms with van der Waals surface area (Å²) in [5, 5.41) is 2.72. The number of nitrogens with one attached hydrogen (secondary N) is 1. The molecule has 1 aliphatic rings. The van der Waals surface area contributed by atoms with Crippen molar-refractivity contribution in [2.24, 2.45) is 5.92 Å². The first-order valence-electron chi connectivity index (χ1n) is 5.89. The lowest BCUT2D eigenvalue weighted by molar-refractivity contribution is -0.125. The van der Waals surface area contributed by atoms with Gasteiger partial charge < -0.3 is 10.2 Å². The molecule has 0 unspecified atom stereocenters. The van der Waals surface area contributed by atoms with Gasteiger partial charge in [-0.3, -0.25) is 4.79 Å². The SMILES string of the molecule is CNC(=O)C1CCN(c2ncc(Br)cc2Br)CC1. The molecule has 1 N–H and O–H groups in total. The Morgan fingerprint density at radius 3 is 2.67 bits per heavy atom. The predicted molar refractivity (Wildman–Crippen MR) is 78.6 cm³/mol. The maximum atomic E-state index is 11.6. The first kappa shape index (κ1) is 13.8. The van der Waals surface area contributed by atoms with Crippen molar-refractivity contribution >= 4 is 43.6 Å². The van der Waals surface area contributed by atoms with Crippen LogP contribution in [0.4, 0.5) is 5.82 Å². The minimum absolute atomic E-state index is 0.139. The molecular formula is C12H15Br2N3O. The van der Waals surface area contributed by atoms with Crippen LogP contribution in [0.25, 0.3) is 0 Å². The second-order valence-electron chi connectivity index (χ2n) is 4.33. The molecule has 1 aliphatic heterocycles. The highest BCUT2D eigenvalue weighted by Gasteiger charge is 2.25. The van der Waals surface area contributed by atoms with Crippen molar-refractivity contribution in [1.29, 1.82) is 0 Å². The molecule has 0 aromatic carbocycles. The lowest BCUT2D eigenvalue weighted by Gasteiger charge is -2.32. The molecule has 0 saturated carbocycles. The average molecular weight is 377 g/mol. The van der Waals surface area contributed by atoms with Gasteiger partial charge in [-0.25, -0.2) is 4.98 Å². The zero-order chi connectivity index (χ0) is 13.1. The summed E-state index contributed by atoms with van der Waals surface area (Å²) >= 11 is 6.92. The molecule has 6 heteroatoms. The molecule has 2 rings (SSSR count). The topological polar surface area (TPSA) is 45.2 Å². The van der Waals surface area contributed by atoms with Crippen LogP contribution in [-0.2, 0) is 4.79 Å². The highest BCUT2D eigenvalue weighted by atomic mass is 79.9. The van der Waals surface area contributed by atoms with E-state index in [4.69, 9.17) is 0 Å². The van der Waals surface area contributed by atoms with Crippen LogP contribution in [0.5, 0.6) is 0 Å². The van der Waals surface area contributed by atoms with Crippen molar-refractivity contribution in [2.75, 3.05) is 25.0 Å². The standard InChI is InChI=1S/C12H15Br2N3O/c1-15-12(18)8-2-4-17(5-3-8)11-10(14)6-9(13)7-16-11/h6-8H,2-5H2,1H3,(H,15,18). The largest absolute Gasteiger partial charge is 0.359 e. The van der Waals surface area contributed by atoms with Crippen LogP contribution in [0.3, 0.4) is 0 Å². The van der Waals surface area contributed by atoms with Crippen molar-refractivity contribution in [3.05, 3.63) is 21.2 Å². The first-order valence-corrected chi connectivity index (χ1v) is 7.48. The van der Waals surface area contributed by atoms with Crippen molar-refractivity contribution in [1.82, 2.24) is 10.3 Å². The number of carbonyl (C=O) groups excluding carboxylic acids is 1. The van der Waals surface area contributed by atoms with E-state index in [1.165, 1.54) is 0 Å². The second-order valence-corrected chi connectivity index (χ2v) is 6.10. The Labute approximate surface area is 123 Å². The first-order chi connectivity index (χ1) is 8.61. The van der Waals surface area contributed by atoms with Gasteiger partial charge in [0.05, 0.1) is 4.47 Å². The molecule has 0 aliphatic carbocycles. The fraction of sp³-hybridized carbons (Fsp3) is 0.500. The number of rotatable bonds is 2. The van der Waals surface area contributed by atoms with Gasteiger partial charge in [0, 0.05) is 36.7 Å². The summed E-state index contributed by atoms with van der Waals surface area (Å²) in [5.74, 6) is 1.24. The molecule has 4 nitrogen and oxygen atoms in total. The van der Waals surface area contributed by atoms with Gasteiger partial charge in [-0.1, -0.05) is 0 Å². The third-order valence-corrected chi connectivity index (χ3v) is 4.22. The molecule has 1 fully saturated rings. The Balaban J connectivity index is 2.03. The maximum absolute atomic E-state index is 11.6. The van der Waals surface area contributed by atoms with E-state index in [0.717, 1.165) is 40.7 Å². The highest BCUT2D eigenvalue weighted by molar-refractivity contribution is 9.11. The molecular weight excluding hydrogens is 362 g/mol. The van der Waals surface area contributed by atoms with Crippen LogP contribution >= 0.6 is 31.9 Å². The van der Waals surface area contributed by atoms with E-state index >= 15 is 0 Å². The van der Waals surface area contributed by atoms with E-state index in [1.54, 1.807) is 13.2 Å². The number of pyridine rings is 1. The lowest BCUT2D eigenvalue weighted by Crippen LogP contribution is -2.40. The summed E-state index contributed by atoms with van der Waals surface area (Å²) in [4.78, 5) is 18.2. The van der Waals surface area contributed by atoms with Crippen LogP contribution in [0.2, 0.25) is 0 Å². The fourth-order valence-corrected chi connectivity index (χ4v) is 3.44. The van der Waals surface area contributed by atoms with Gasteiger partial charge >= 0.3 is 0 Å². The number of amides is 1. The number of carbonyl (C=O) groups is 1. The number of anilines is 1. The van der Waals surface area contributed by atoms with E-state index < -0.39 is 0 Å². The molecule has 18 heavy (non-hydrogen) atoms. The minimum Gasteiger partial charge on any atom is -0.359 e. The summed E-state index contributed by atoms with van der Waals surface area (Å²) in [6, 6.07) is 1.99. The zero-order valence-corrected chi connectivity index (χ0v) is 13.3. The fourth-order valence-electron chi connectivity index (χ4n) is 2.20. The summed E-state index contributed by atoms with van der Waals surface area (Å²) < 4.78 is 1.94. The van der Waals surface area contributed by atoms with Gasteiger partial charge in [0.2, 0.25) is 5.91 Å². The molecule has 1 aromatic rings. The number of hydrogen-bond acceptors (Lipinski definition) is 3. The number of piperidine rings is 1. The molecule has 0 atom stereocenters.